The van der Waals surface area contributed by atoms with Crippen molar-refractivity contribution in [3.05, 3.63) is 57.6 Å². The van der Waals surface area contributed by atoms with Crippen molar-refractivity contribution in [3.8, 4) is 17.9 Å². The number of nitrogens with two attached hydrogens (primary N) is 2. The first kappa shape index (κ1) is 23.4. The molecule has 1 heterocycles. The zero-order chi connectivity index (χ0) is 23.5. The molecule has 0 aromatic heterocycles. The van der Waals surface area contributed by atoms with Crippen molar-refractivity contribution in [2.75, 3.05) is 0 Å². The van der Waals surface area contributed by atoms with Gasteiger partial charge in [-0.3, -0.25) is 5.41 Å². The minimum absolute atomic E-state index is 0.0968. The van der Waals surface area contributed by atoms with E-state index < -0.39 is 5.41 Å². The van der Waals surface area contributed by atoms with E-state index in [9.17, 15) is 10.4 Å². The lowest BCUT2D eigenvalue weighted by atomic mass is 9.60. The Bertz CT molecular complexity index is 1070. The van der Waals surface area contributed by atoms with E-state index in [0.717, 1.165) is 24.0 Å². The summed E-state index contributed by atoms with van der Waals surface area (Å²) in [6.07, 6.45) is 5.91. The first-order valence-electron chi connectivity index (χ1n) is 11.2. The number of hydrogen-bond acceptors (Lipinski definition) is 6. The van der Waals surface area contributed by atoms with E-state index in [1.807, 2.05) is 32.0 Å². The molecule has 0 saturated heterocycles. The predicted molar refractivity (Wildman–Crippen MR) is 125 cm³/mol. The van der Waals surface area contributed by atoms with Crippen molar-refractivity contribution in [1.82, 2.24) is 0 Å². The molecule has 1 saturated carbocycles. The van der Waals surface area contributed by atoms with Crippen molar-refractivity contribution in [3.63, 3.8) is 0 Å². The smallest absolute Gasteiger partial charge is 0.220 e. The van der Waals surface area contributed by atoms with Gasteiger partial charge in [0, 0.05) is 22.8 Å². The fraction of sp³-hybridized carbons (Fsp3) is 0.462. The van der Waals surface area contributed by atoms with Crippen LogP contribution in [0.15, 0.2) is 40.9 Å². The summed E-state index contributed by atoms with van der Waals surface area (Å²) in [5.41, 5.74) is 14.4. The molecule has 0 radical (unpaired) electrons. The average molecular weight is 433 g/mol. The highest BCUT2D eigenvalue weighted by Crippen LogP contribution is 2.50. The summed E-state index contributed by atoms with van der Waals surface area (Å²) in [7, 11) is 0. The molecule has 1 fully saturated rings. The number of nitriles is 1. The van der Waals surface area contributed by atoms with Crippen LogP contribution in [0.4, 0.5) is 0 Å². The van der Waals surface area contributed by atoms with E-state index in [1.165, 1.54) is 19.3 Å². The molecule has 1 aromatic rings. The molecule has 32 heavy (non-hydrogen) atoms. The van der Waals surface area contributed by atoms with Gasteiger partial charge in [-0.2, -0.15) is 5.26 Å². The Hall–Kier alpha value is -3.22. The quantitative estimate of drug-likeness (QED) is 0.538. The van der Waals surface area contributed by atoms with Gasteiger partial charge >= 0.3 is 0 Å². The molecule has 1 atom stereocenters. The van der Waals surface area contributed by atoms with Crippen LogP contribution in [-0.2, 0) is 16.8 Å². The highest BCUT2D eigenvalue weighted by Gasteiger charge is 2.51. The Morgan fingerprint density at radius 1 is 1.28 bits per heavy atom. The molecule has 168 valence electrons. The lowest BCUT2D eigenvalue weighted by molar-refractivity contribution is 0.281. The fourth-order valence-electron chi connectivity index (χ4n) is 5.06. The van der Waals surface area contributed by atoms with Crippen LogP contribution in [-0.4, -0.2) is 11.0 Å². The van der Waals surface area contributed by atoms with Crippen LogP contribution in [0.25, 0.3) is 0 Å². The summed E-state index contributed by atoms with van der Waals surface area (Å²) in [5, 5.41) is 28.5. The van der Waals surface area contributed by atoms with Crippen molar-refractivity contribution in [1.29, 1.82) is 10.7 Å². The second-order valence-corrected chi connectivity index (χ2v) is 8.98. The summed E-state index contributed by atoms with van der Waals surface area (Å²) >= 11 is 0. The van der Waals surface area contributed by atoms with Crippen LogP contribution in [0.5, 0.6) is 0 Å². The van der Waals surface area contributed by atoms with Gasteiger partial charge in [-0.15, -0.1) is 0 Å². The standard InChI is InChI=1S/C26H32N4O2/c1-16(2)26(22(14-27)24(29)32-25(30)23(26)17(3)28)21-12-19(11-20(13-21)15-31)10-9-18-7-5-4-6-8-18/h11-13,16,18,30-31H,4-8,15,28-29H2,1-3H3/b23-17+,30-25?. The molecule has 6 N–H and O–H groups in total. The minimum Gasteiger partial charge on any atom is -0.422 e. The molecule has 6 heteroatoms. The molecule has 2 aliphatic rings. The molecule has 1 unspecified atom stereocenters. The van der Waals surface area contributed by atoms with Gasteiger partial charge < -0.3 is 21.3 Å². The highest BCUT2D eigenvalue weighted by atomic mass is 16.5. The second kappa shape index (κ2) is 9.51. The molecular formula is C26H32N4O2. The van der Waals surface area contributed by atoms with Gasteiger partial charge in [0.15, 0.2) is 0 Å². The van der Waals surface area contributed by atoms with Gasteiger partial charge in [0.25, 0.3) is 0 Å². The first-order chi connectivity index (χ1) is 15.2. The van der Waals surface area contributed by atoms with Crippen LogP contribution < -0.4 is 11.5 Å². The van der Waals surface area contributed by atoms with E-state index in [4.69, 9.17) is 21.6 Å². The van der Waals surface area contributed by atoms with Gasteiger partial charge in [0.2, 0.25) is 11.8 Å². The van der Waals surface area contributed by atoms with Gasteiger partial charge in [-0.25, -0.2) is 0 Å². The monoisotopic (exact) mass is 432 g/mol. The summed E-state index contributed by atoms with van der Waals surface area (Å²) in [6.45, 7) is 5.45. The molecule has 1 aliphatic heterocycles. The molecule has 3 rings (SSSR count). The van der Waals surface area contributed by atoms with Crippen molar-refractivity contribution in [2.24, 2.45) is 23.3 Å². The maximum atomic E-state index is 10.1. The largest absolute Gasteiger partial charge is 0.422 e. The highest BCUT2D eigenvalue weighted by molar-refractivity contribution is 5.98. The third-order valence-electron chi connectivity index (χ3n) is 6.50. The van der Waals surface area contributed by atoms with Gasteiger partial charge in [0.05, 0.1) is 12.0 Å². The first-order valence-corrected chi connectivity index (χ1v) is 11.2. The Kier molecular flexibility index (Phi) is 6.96. The van der Waals surface area contributed by atoms with E-state index in [-0.39, 0.29) is 29.9 Å². The summed E-state index contributed by atoms with van der Waals surface area (Å²) < 4.78 is 5.41. The lowest BCUT2D eigenvalue weighted by Gasteiger charge is -2.43. The van der Waals surface area contributed by atoms with Crippen molar-refractivity contribution < 1.29 is 9.84 Å². The number of aliphatic hydroxyl groups excluding tert-OH is 1. The topological polar surface area (TPSA) is 129 Å². The maximum absolute atomic E-state index is 10.1. The number of aliphatic hydroxyl groups is 1. The van der Waals surface area contributed by atoms with E-state index in [2.05, 4.69) is 17.9 Å². The van der Waals surface area contributed by atoms with E-state index in [1.54, 1.807) is 6.92 Å². The third kappa shape index (κ3) is 4.11. The number of ether oxygens (including phenoxy) is 1. The molecular weight excluding hydrogens is 400 g/mol. The summed E-state index contributed by atoms with van der Waals surface area (Å²) in [4.78, 5) is 0. The van der Waals surface area contributed by atoms with E-state index >= 15 is 0 Å². The van der Waals surface area contributed by atoms with Crippen molar-refractivity contribution in [2.45, 2.75) is 64.9 Å². The van der Waals surface area contributed by atoms with Crippen LogP contribution in [0.3, 0.4) is 0 Å². The van der Waals surface area contributed by atoms with Gasteiger partial charge in [-0.1, -0.05) is 51.0 Å². The van der Waals surface area contributed by atoms with Gasteiger partial charge in [-0.05, 0) is 48.9 Å². The Morgan fingerprint density at radius 3 is 2.53 bits per heavy atom. The second-order valence-electron chi connectivity index (χ2n) is 8.98. The van der Waals surface area contributed by atoms with Gasteiger partial charge in [0.1, 0.15) is 11.6 Å². The Morgan fingerprint density at radius 2 is 1.97 bits per heavy atom. The lowest BCUT2D eigenvalue weighted by Crippen LogP contribution is -2.46. The summed E-state index contributed by atoms with van der Waals surface area (Å²) in [5.74, 6) is 6.64. The number of hydrogen-bond donors (Lipinski definition) is 4. The number of rotatable bonds is 3. The number of nitrogens with zero attached hydrogens (tertiary/aromatic N) is 1. The molecule has 1 aromatic carbocycles. The van der Waals surface area contributed by atoms with Crippen molar-refractivity contribution >= 4 is 5.90 Å². The molecule has 0 bridgehead atoms. The summed E-state index contributed by atoms with van der Waals surface area (Å²) in [6, 6.07) is 7.86. The number of benzene rings is 1. The molecule has 6 nitrogen and oxygen atoms in total. The zero-order valence-corrected chi connectivity index (χ0v) is 19.1. The molecule has 0 spiro atoms. The molecule has 0 amide bonds. The van der Waals surface area contributed by atoms with Crippen LogP contribution in [0, 0.1) is 40.4 Å². The average Bonchev–Trinajstić information content (AvgIpc) is 2.77. The van der Waals surface area contributed by atoms with Crippen LogP contribution in [0.1, 0.15) is 69.6 Å². The van der Waals surface area contributed by atoms with E-state index in [0.29, 0.717) is 22.8 Å². The van der Waals surface area contributed by atoms with Crippen LogP contribution >= 0.6 is 0 Å². The Balaban J connectivity index is 2.29. The van der Waals surface area contributed by atoms with Crippen LogP contribution in [0.2, 0.25) is 0 Å². The number of nitrogens with one attached hydrogen (secondary N) is 1. The number of allylic oxidation sites excluding steroid dienone is 2. The normalized spacial score (nSPS) is 23.3. The minimum atomic E-state index is -1.08. The maximum Gasteiger partial charge on any atom is 0.220 e. The fourth-order valence-corrected chi connectivity index (χ4v) is 5.06. The third-order valence-corrected chi connectivity index (χ3v) is 6.50. The predicted octanol–water partition coefficient (Wildman–Crippen LogP) is 3.94. The zero-order valence-electron chi connectivity index (χ0n) is 19.1. The molecule has 1 aliphatic carbocycles. The Labute approximate surface area is 190 Å². The SMILES string of the molecule is C/C(N)=C1/C(=N)OC(N)=C(C#N)C1(c1cc(C#CC2CCCCC2)cc(CO)c1)C(C)C.